The number of aliphatic imine (C=N–C) groups is 1. The molecule has 1 heterocycles. The van der Waals surface area contributed by atoms with Gasteiger partial charge in [0.05, 0.1) is 5.70 Å². The number of nitrogens with one attached hydrogen (secondary N) is 1. The number of hydrogen-bond acceptors (Lipinski definition) is 3. The van der Waals surface area contributed by atoms with Gasteiger partial charge in [0.1, 0.15) is 0 Å². The molecule has 0 amide bonds. The summed E-state index contributed by atoms with van der Waals surface area (Å²) in [6.45, 7) is 1.05. The number of allylic oxidation sites excluding steroid dienone is 3. The van der Waals surface area contributed by atoms with Crippen LogP contribution >= 0.6 is 0 Å². The van der Waals surface area contributed by atoms with E-state index in [9.17, 15) is 0 Å². The molecule has 0 aromatic heterocycles. The van der Waals surface area contributed by atoms with Crippen molar-refractivity contribution in [2.45, 2.75) is 25.7 Å². The summed E-state index contributed by atoms with van der Waals surface area (Å²) < 4.78 is 0. The molecule has 4 heteroatoms. The highest BCUT2D eigenvalue weighted by atomic mass is 16.2. The Morgan fingerprint density at radius 3 is 3.19 bits per heavy atom. The Labute approximate surface area is 97.6 Å². The van der Waals surface area contributed by atoms with E-state index in [1.165, 1.54) is 13.1 Å². The smallest absolute Gasteiger partial charge is 0.322 e. The minimum Gasteiger partial charge on any atom is -0.450 e. The van der Waals surface area contributed by atoms with Gasteiger partial charge in [-0.05, 0) is 56.8 Å². The number of rotatable bonds is 4. The summed E-state index contributed by atoms with van der Waals surface area (Å²) in [5, 5.41) is 12.1. The second-order valence-electron chi connectivity index (χ2n) is 4.47. The maximum atomic E-state index is 8.97. The molecule has 16 heavy (non-hydrogen) atoms. The van der Waals surface area contributed by atoms with E-state index in [0.717, 1.165) is 43.4 Å². The largest absolute Gasteiger partial charge is 0.450 e. The Morgan fingerprint density at radius 1 is 1.56 bits per heavy atom. The lowest BCUT2D eigenvalue weighted by atomic mass is 9.77. The highest BCUT2D eigenvalue weighted by molar-refractivity contribution is 6.36. The first kappa shape index (κ1) is 11.6. The van der Waals surface area contributed by atoms with Crippen molar-refractivity contribution in [2.75, 3.05) is 13.6 Å². The molecule has 1 aliphatic carbocycles. The predicted molar refractivity (Wildman–Crippen MR) is 67.5 cm³/mol. The number of nitrogens with zero attached hydrogens (tertiary/aromatic N) is 1. The van der Waals surface area contributed by atoms with Crippen LogP contribution < -0.4 is 5.32 Å². The van der Waals surface area contributed by atoms with Crippen LogP contribution in [0.4, 0.5) is 0 Å². The summed E-state index contributed by atoms with van der Waals surface area (Å²) >= 11 is 0. The third kappa shape index (κ3) is 2.63. The molecule has 2 N–H and O–H groups in total. The van der Waals surface area contributed by atoms with Crippen molar-refractivity contribution in [1.29, 1.82) is 0 Å². The Hall–Kier alpha value is -0.865. The van der Waals surface area contributed by atoms with Gasteiger partial charge in [0.15, 0.2) is 0 Å². The van der Waals surface area contributed by atoms with Crippen LogP contribution in [0.2, 0.25) is 0 Å². The van der Waals surface area contributed by atoms with E-state index < -0.39 is 0 Å². The fourth-order valence-corrected chi connectivity index (χ4v) is 2.27. The van der Waals surface area contributed by atoms with Crippen LogP contribution in [0, 0.1) is 5.92 Å². The molecule has 1 aliphatic heterocycles. The maximum Gasteiger partial charge on any atom is 0.322 e. The molecule has 0 bridgehead atoms. The highest BCUT2D eigenvalue weighted by Gasteiger charge is 2.20. The van der Waals surface area contributed by atoms with Gasteiger partial charge in [-0.25, -0.2) is 0 Å². The molecular formula is C12H18BN2O. The molecule has 85 valence electrons. The summed E-state index contributed by atoms with van der Waals surface area (Å²) in [5.41, 5.74) is 3.52. The molecule has 0 saturated carbocycles. The van der Waals surface area contributed by atoms with E-state index in [1.807, 2.05) is 13.1 Å². The normalized spacial score (nSPS) is 24.1. The Balaban J connectivity index is 2.00. The van der Waals surface area contributed by atoms with Gasteiger partial charge in [0.2, 0.25) is 0 Å². The van der Waals surface area contributed by atoms with E-state index >= 15 is 0 Å². The van der Waals surface area contributed by atoms with Gasteiger partial charge < -0.3 is 10.3 Å². The van der Waals surface area contributed by atoms with Crippen LogP contribution in [0.3, 0.4) is 0 Å². The zero-order chi connectivity index (χ0) is 11.4. The van der Waals surface area contributed by atoms with Crippen molar-refractivity contribution in [1.82, 2.24) is 5.32 Å². The van der Waals surface area contributed by atoms with Gasteiger partial charge in [-0.3, -0.25) is 4.99 Å². The van der Waals surface area contributed by atoms with Gasteiger partial charge in [0, 0.05) is 6.21 Å². The van der Waals surface area contributed by atoms with Gasteiger partial charge in [-0.2, -0.15) is 0 Å². The molecule has 3 nitrogen and oxygen atoms in total. The Morgan fingerprint density at radius 2 is 2.44 bits per heavy atom. The van der Waals surface area contributed by atoms with Crippen molar-refractivity contribution in [3.63, 3.8) is 0 Å². The van der Waals surface area contributed by atoms with E-state index in [-0.39, 0.29) is 0 Å². The lowest BCUT2D eigenvalue weighted by Crippen LogP contribution is -2.18. The third-order valence-corrected chi connectivity index (χ3v) is 3.26. The summed E-state index contributed by atoms with van der Waals surface area (Å²) in [5.74, 6) is 0.583. The lowest BCUT2D eigenvalue weighted by Gasteiger charge is -2.24. The Kier molecular flexibility index (Phi) is 3.96. The molecule has 1 radical (unpaired) electrons. The minimum atomic E-state index is 0.583. The fraction of sp³-hybridized carbons (Fsp3) is 0.583. The first-order chi connectivity index (χ1) is 7.83. The minimum absolute atomic E-state index is 0.583. The SMILES string of the molecule is CNCCC1C=NC2=C(CCC([B]O)=C2)C1. The molecule has 1 atom stereocenters. The number of hydrogen-bond donors (Lipinski definition) is 2. The second-order valence-corrected chi connectivity index (χ2v) is 4.47. The molecule has 2 rings (SSSR count). The highest BCUT2D eigenvalue weighted by Crippen LogP contribution is 2.32. The van der Waals surface area contributed by atoms with Gasteiger partial charge >= 0.3 is 7.48 Å². The topological polar surface area (TPSA) is 44.6 Å². The molecule has 0 saturated heterocycles. The molecule has 0 spiro atoms. The van der Waals surface area contributed by atoms with Crippen molar-refractivity contribution in [3.8, 4) is 0 Å². The molecule has 0 aromatic rings. The first-order valence-corrected chi connectivity index (χ1v) is 5.92. The second kappa shape index (κ2) is 5.46. The molecule has 2 aliphatic rings. The van der Waals surface area contributed by atoms with Gasteiger partial charge in [-0.1, -0.05) is 5.47 Å². The third-order valence-electron chi connectivity index (χ3n) is 3.26. The fourth-order valence-electron chi connectivity index (χ4n) is 2.27. The van der Waals surface area contributed by atoms with E-state index in [0.29, 0.717) is 5.92 Å². The zero-order valence-corrected chi connectivity index (χ0v) is 9.74. The average molecular weight is 217 g/mol. The summed E-state index contributed by atoms with van der Waals surface area (Å²) in [6, 6.07) is 0. The first-order valence-electron chi connectivity index (χ1n) is 5.92. The standard InChI is InChI=1S/C12H18BN2O/c1-14-5-4-9-6-10-2-3-11(13-16)7-12(10)15-8-9/h7-9,14,16H,2-6H2,1H3. The van der Waals surface area contributed by atoms with Crippen LogP contribution in [0.1, 0.15) is 25.7 Å². The predicted octanol–water partition coefficient (Wildman–Crippen LogP) is 1.23. The van der Waals surface area contributed by atoms with Crippen LogP contribution in [0.5, 0.6) is 0 Å². The summed E-state index contributed by atoms with van der Waals surface area (Å²) in [6.07, 6.45) is 8.35. The molecular weight excluding hydrogens is 199 g/mol. The van der Waals surface area contributed by atoms with E-state index in [1.54, 1.807) is 0 Å². The van der Waals surface area contributed by atoms with Gasteiger partial charge in [0.25, 0.3) is 0 Å². The van der Waals surface area contributed by atoms with Crippen molar-refractivity contribution in [2.24, 2.45) is 10.9 Å². The lowest BCUT2D eigenvalue weighted by molar-refractivity contribution is 0.574. The molecule has 0 fully saturated rings. The summed E-state index contributed by atoms with van der Waals surface area (Å²) in [4.78, 5) is 4.50. The quantitative estimate of drug-likeness (QED) is 0.695. The van der Waals surface area contributed by atoms with Crippen LogP contribution in [0.15, 0.2) is 27.8 Å². The maximum absolute atomic E-state index is 8.97. The summed E-state index contributed by atoms with van der Waals surface area (Å²) in [7, 11) is 3.18. The monoisotopic (exact) mass is 217 g/mol. The zero-order valence-electron chi connectivity index (χ0n) is 9.74. The van der Waals surface area contributed by atoms with Crippen LogP contribution in [-0.4, -0.2) is 32.3 Å². The van der Waals surface area contributed by atoms with Gasteiger partial charge in [-0.15, -0.1) is 0 Å². The van der Waals surface area contributed by atoms with E-state index in [2.05, 4.69) is 16.5 Å². The van der Waals surface area contributed by atoms with Crippen LogP contribution in [-0.2, 0) is 0 Å². The average Bonchev–Trinajstić information content (AvgIpc) is 2.35. The molecule has 1 unspecified atom stereocenters. The Bertz CT molecular complexity index is 347. The molecule has 0 aromatic carbocycles. The van der Waals surface area contributed by atoms with Crippen molar-refractivity contribution >= 4 is 13.7 Å². The van der Waals surface area contributed by atoms with Crippen LogP contribution in [0.25, 0.3) is 0 Å². The van der Waals surface area contributed by atoms with E-state index in [4.69, 9.17) is 5.02 Å². The van der Waals surface area contributed by atoms with Crippen molar-refractivity contribution < 1.29 is 5.02 Å². The van der Waals surface area contributed by atoms with Crippen molar-refractivity contribution in [3.05, 3.63) is 22.8 Å².